The monoisotopic (exact) mass is 227 g/mol. The van der Waals surface area contributed by atoms with E-state index >= 15 is 0 Å². The molecule has 0 saturated heterocycles. The Labute approximate surface area is 91.0 Å². The van der Waals surface area contributed by atoms with Crippen molar-refractivity contribution in [1.82, 2.24) is 0 Å². The number of nitrogens with one attached hydrogen (secondary N) is 1. The third kappa shape index (κ3) is 2.87. The molecule has 1 aromatic rings. The van der Waals surface area contributed by atoms with E-state index in [1.54, 1.807) is 26.0 Å². The van der Waals surface area contributed by atoms with E-state index in [1.807, 2.05) is 0 Å². The second-order valence-corrected chi connectivity index (χ2v) is 4.28. The standard InChI is InChI=1S/C10H13NO3S/c1-6-4-9(11-8(3)12)5-7(2)10(6)15(13)14/h4-5H,1-3H3,(H,11,12)(H,13,14). The molecule has 0 saturated carbocycles. The van der Waals surface area contributed by atoms with Crippen LogP contribution in [0.4, 0.5) is 5.69 Å². The van der Waals surface area contributed by atoms with Gasteiger partial charge in [0.15, 0.2) is 11.1 Å². The minimum Gasteiger partial charge on any atom is -0.326 e. The summed E-state index contributed by atoms with van der Waals surface area (Å²) in [7, 11) is 0. The molecule has 1 aromatic carbocycles. The van der Waals surface area contributed by atoms with Gasteiger partial charge < -0.3 is 9.87 Å². The molecule has 0 heterocycles. The average molecular weight is 227 g/mol. The summed E-state index contributed by atoms with van der Waals surface area (Å²) >= 11 is -1.99. The summed E-state index contributed by atoms with van der Waals surface area (Å²) < 4.78 is 20.0. The van der Waals surface area contributed by atoms with Crippen LogP contribution in [0.1, 0.15) is 18.1 Å². The van der Waals surface area contributed by atoms with Crippen molar-refractivity contribution in [2.45, 2.75) is 25.7 Å². The Balaban J connectivity index is 3.19. The van der Waals surface area contributed by atoms with Crippen LogP contribution in [0.3, 0.4) is 0 Å². The molecule has 15 heavy (non-hydrogen) atoms. The molecule has 82 valence electrons. The Bertz CT molecular complexity index is 406. The lowest BCUT2D eigenvalue weighted by Crippen LogP contribution is -2.07. The Morgan fingerprint density at radius 2 is 1.80 bits per heavy atom. The van der Waals surface area contributed by atoms with Crippen LogP contribution in [-0.2, 0) is 15.9 Å². The molecule has 0 bridgehead atoms. The van der Waals surface area contributed by atoms with Crippen molar-refractivity contribution in [3.05, 3.63) is 23.3 Å². The van der Waals surface area contributed by atoms with Gasteiger partial charge in [-0.25, -0.2) is 4.21 Å². The van der Waals surface area contributed by atoms with E-state index in [9.17, 15) is 9.00 Å². The Hall–Kier alpha value is -1.20. The van der Waals surface area contributed by atoms with E-state index in [2.05, 4.69) is 5.32 Å². The molecular formula is C10H13NO3S. The quantitative estimate of drug-likeness (QED) is 0.758. The lowest BCUT2D eigenvalue weighted by Gasteiger charge is -2.09. The lowest BCUT2D eigenvalue weighted by molar-refractivity contribution is -0.114. The highest BCUT2D eigenvalue weighted by atomic mass is 32.2. The molecule has 2 N–H and O–H groups in total. The summed E-state index contributed by atoms with van der Waals surface area (Å²) in [4.78, 5) is 11.2. The third-order valence-corrected chi connectivity index (χ3v) is 2.95. The number of hydrogen-bond acceptors (Lipinski definition) is 2. The Kier molecular flexibility index (Phi) is 3.60. The van der Waals surface area contributed by atoms with E-state index in [0.717, 1.165) is 0 Å². The number of amides is 1. The van der Waals surface area contributed by atoms with Crippen molar-refractivity contribution in [1.29, 1.82) is 0 Å². The van der Waals surface area contributed by atoms with Crippen LogP contribution in [0.2, 0.25) is 0 Å². The zero-order valence-electron chi connectivity index (χ0n) is 8.83. The summed E-state index contributed by atoms with van der Waals surface area (Å²) in [6.07, 6.45) is 0. The van der Waals surface area contributed by atoms with Crippen LogP contribution in [0.15, 0.2) is 17.0 Å². The number of benzene rings is 1. The number of anilines is 1. The average Bonchev–Trinajstić information content (AvgIpc) is 1.99. The number of rotatable bonds is 2. The second-order valence-electron chi connectivity index (χ2n) is 3.37. The van der Waals surface area contributed by atoms with Crippen LogP contribution in [0.5, 0.6) is 0 Å². The summed E-state index contributed by atoms with van der Waals surface area (Å²) in [5.41, 5.74) is 2.03. The maximum absolute atomic E-state index is 11.0. The van der Waals surface area contributed by atoms with Crippen LogP contribution in [-0.4, -0.2) is 14.7 Å². The van der Waals surface area contributed by atoms with E-state index < -0.39 is 11.1 Å². The van der Waals surface area contributed by atoms with Crippen LogP contribution in [0.25, 0.3) is 0 Å². The maximum Gasteiger partial charge on any atom is 0.221 e. The van der Waals surface area contributed by atoms with E-state index in [1.165, 1.54) is 6.92 Å². The molecular weight excluding hydrogens is 214 g/mol. The van der Waals surface area contributed by atoms with Crippen molar-refractivity contribution in [2.75, 3.05) is 5.32 Å². The van der Waals surface area contributed by atoms with Gasteiger partial charge in [-0.1, -0.05) is 0 Å². The van der Waals surface area contributed by atoms with Gasteiger partial charge in [0.2, 0.25) is 5.91 Å². The van der Waals surface area contributed by atoms with Gasteiger partial charge >= 0.3 is 0 Å². The summed E-state index contributed by atoms with van der Waals surface area (Å²) in [6, 6.07) is 3.36. The summed E-state index contributed by atoms with van der Waals surface area (Å²) in [6.45, 7) is 4.90. The van der Waals surface area contributed by atoms with Gasteiger partial charge in [0.25, 0.3) is 0 Å². The van der Waals surface area contributed by atoms with Gasteiger partial charge in [-0.2, -0.15) is 0 Å². The van der Waals surface area contributed by atoms with Crippen LogP contribution < -0.4 is 5.32 Å². The Morgan fingerprint density at radius 1 is 1.33 bits per heavy atom. The first kappa shape index (κ1) is 11.9. The molecule has 4 nitrogen and oxygen atoms in total. The lowest BCUT2D eigenvalue weighted by atomic mass is 10.1. The van der Waals surface area contributed by atoms with Crippen LogP contribution in [0, 0.1) is 13.8 Å². The minimum absolute atomic E-state index is 0.160. The summed E-state index contributed by atoms with van der Waals surface area (Å²) in [5.74, 6) is -0.160. The van der Waals surface area contributed by atoms with Crippen molar-refractivity contribution >= 4 is 22.7 Å². The highest BCUT2D eigenvalue weighted by Crippen LogP contribution is 2.22. The zero-order valence-corrected chi connectivity index (χ0v) is 9.64. The molecule has 0 aliphatic rings. The number of hydrogen-bond donors (Lipinski definition) is 2. The number of carbonyl (C=O) groups is 1. The molecule has 0 radical (unpaired) electrons. The van der Waals surface area contributed by atoms with Crippen molar-refractivity contribution in [2.24, 2.45) is 0 Å². The van der Waals surface area contributed by atoms with E-state index in [-0.39, 0.29) is 5.91 Å². The second kappa shape index (κ2) is 4.55. The normalized spacial score (nSPS) is 12.3. The first-order valence-corrected chi connectivity index (χ1v) is 5.52. The van der Waals surface area contributed by atoms with Gasteiger partial charge in [-0.15, -0.1) is 0 Å². The number of carbonyl (C=O) groups excluding carboxylic acids is 1. The predicted octanol–water partition coefficient (Wildman–Crippen LogP) is 1.84. The van der Waals surface area contributed by atoms with Gasteiger partial charge in [0.05, 0.1) is 4.90 Å². The van der Waals surface area contributed by atoms with Gasteiger partial charge in [-0.3, -0.25) is 4.79 Å². The van der Waals surface area contributed by atoms with Gasteiger partial charge in [-0.05, 0) is 37.1 Å². The van der Waals surface area contributed by atoms with Crippen molar-refractivity contribution in [3.8, 4) is 0 Å². The third-order valence-electron chi connectivity index (χ3n) is 1.96. The first-order valence-electron chi connectivity index (χ1n) is 4.41. The number of aryl methyl sites for hydroxylation is 2. The van der Waals surface area contributed by atoms with E-state index in [0.29, 0.717) is 21.7 Å². The van der Waals surface area contributed by atoms with Crippen LogP contribution >= 0.6 is 0 Å². The molecule has 0 aliphatic carbocycles. The first-order chi connectivity index (χ1) is 6.91. The molecule has 0 aliphatic heterocycles. The minimum atomic E-state index is -1.99. The smallest absolute Gasteiger partial charge is 0.221 e. The largest absolute Gasteiger partial charge is 0.326 e. The highest BCUT2D eigenvalue weighted by molar-refractivity contribution is 7.79. The molecule has 1 unspecified atom stereocenters. The predicted molar refractivity (Wildman–Crippen MR) is 59.3 cm³/mol. The van der Waals surface area contributed by atoms with Gasteiger partial charge in [0, 0.05) is 12.6 Å². The Morgan fingerprint density at radius 3 is 2.13 bits per heavy atom. The fourth-order valence-electron chi connectivity index (χ4n) is 1.50. The molecule has 5 heteroatoms. The molecule has 0 spiro atoms. The topological polar surface area (TPSA) is 66.4 Å². The van der Waals surface area contributed by atoms with Gasteiger partial charge in [0.1, 0.15) is 0 Å². The SMILES string of the molecule is CC(=O)Nc1cc(C)c(S(=O)O)c(C)c1. The molecule has 0 aromatic heterocycles. The summed E-state index contributed by atoms with van der Waals surface area (Å²) in [5, 5.41) is 2.63. The molecule has 1 atom stereocenters. The molecule has 1 rings (SSSR count). The highest BCUT2D eigenvalue weighted by Gasteiger charge is 2.10. The van der Waals surface area contributed by atoms with E-state index in [4.69, 9.17) is 4.55 Å². The van der Waals surface area contributed by atoms with Crippen molar-refractivity contribution < 1.29 is 13.6 Å². The molecule has 0 fully saturated rings. The fourth-order valence-corrected chi connectivity index (χ4v) is 2.17. The fraction of sp³-hybridized carbons (Fsp3) is 0.300. The van der Waals surface area contributed by atoms with Crippen molar-refractivity contribution in [3.63, 3.8) is 0 Å². The maximum atomic E-state index is 11.0. The zero-order chi connectivity index (χ0) is 11.6. The molecule has 1 amide bonds.